The van der Waals surface area contributed by atoms with E-state index in [0.717, 1.165) is 0 Å². The smallest absolute Gasteiger partial charge is 0.337 e. The summed E-state index contributed by atoms with van der Waals surface area (Å²) in [6.07, 6.45) is -8.89. The Hall–Kier alpha value is -1.55. The molecule has 0 radical (unpaired) electrons. The Bertz CT molecular complexity index is 491. The van der Waals surface area contributed by atoms with Crippen LogP contribution in [0.5, 0.6) is 0 Å². The summed E-state index contributed by atoms with van der Waals surface area (Å²) in [6, 6.07) is 8.02. The predicted octanol–water partition coefficient (Wildman–Crippen LogP) is -1.37. The zero-order valence-electron chi connectivity index (χ0n) is 11.5. The zero-order valence-corrected chi connectivity index (χ0v) is 11.5. The van der Waals surface area contributed by atoms with E-state index in [0.29, 0.717) is 5.56 Å². The lowest BCUT2D eigenvalue weighted by Gasteiger charge is -2.40. The third-order valence-electron chi connectivity index (χ3n) is 3.45. The highest BCUT2D eigenvalue weighted by Crippen LogP contribution is 2.27. The van der Waals surface area contributed by atoms with Crippen LogP contribution in [-0.4, -0.2) is 68.8 Å². The van der Waals surface area contributed by atoms with Gasteiger partial charge in [-0.3, -0.25) is 0 Å². The van der Waals surface area contributed by atoms with Crippen LogP contribution in [-0.2, 0) is 14.3 Å². The standard InChI is InChI=1S/C14H18O8/c15-6-8-9(16)10(17)11(18)14(21-8)22-12(13(19)20)7-4-2-1-3-5-7/h1-5,8-12,14-18H,6H2,(H,19,20). The highest BCUT2D eigenvalue weighted by Gasteiger charge is 2.45. The Balaban J connectivity index is 2.17. The van der Waals surface area contributed by atoms with Gasteiger partial charge in [0, 0.05) is 0 Å². The van der Waals surface area contributed by atoms with Gasteiger partial charge in [-0.2, -0.15) is 0 Å². The van der Waals surface area contributed by atoms with Gasteiger partial charge in [0.2, 0.25) is 0 Å². The summed E-state index contributed by atoms with van der Waals surface area (Å²) in [5.41, 5.74) is 0.326. The molecule has 6 unspecified atom stereocenters. The van der Waals surface area contributed by atoms with Gasteiger partial charge in [0.25, 0.3) is 0 Å². The van der Waals surface area contributed by atoms with E-state index in [-0.39, 0.29) is 0 Å². The van der Waals surface area contributed by atoms with E-state index in [1.807, 2.05) is 0 Å². The summed E-state index contributed by atoms with van der Waals surface area (Å²) >= 11 is 0. The largest absolute Gasteiger partial charge is 0.479 e. The first-order valence-corrected chi connectivity index (χ1v) is 6.69. The third-order valence-corrected chi connectivity index (χ3v) is 3.45. The maximum absolute atomic E-state index is 11.4. The van der Waals surface area contributed by atoms with Crippen LogP contribution < -0.4 is 0 Å². The number of ether oxygens (including phenoxy) is 2. The molecular formula is C14H18O8. The van der Waals surface area contributed by atoms with Crippen molar-refractivity contribution in [3.63, 3.8) is 0 Å². The quantitative estimate of drug-likeness (QED) is 0.449. The minimum atomic E-state index is -1.65. The van der Waals surface area contributed by atoms with E-state index in [4.69, 9.17) is 14.6 Å². The molecule has 1 fully saturated rings. The molecule has 0 aromatic heterocycles. The Morgan fingerprint density at radius 3 is 2.32 bits per heavy atom. The second kappa shape index (κ2) is 7.14. The first kappa shape index (κ1) is 16.8. The van der Waals surface area contributed by atoms with E-state index < -0.39 is 49.4 Å². The van der Waals surface area contributed by atoms with E-state index in [9.17, 15) is 25.2 Å². The minimum absolute atomic E-state index is 0.326. The number of aliphatic carboxylic acids is 1. The first-order chi connectivity index (χ1) is 10.5. The molecule has 122 valence electrons. The molecule has 1 aliphatic heterocycles. The maximum atomic E-state index is 11.4. The highest BCUT2D eigenvalue weighted by atomic mass is 16.7. The lowest BCUT2D eigenvalue weighted by atomic mass is 9.99. The number of rotatable bonds is 5. The fourth-order valence-electron chi connectivity index (χ4n) is 2.22. The third kappa shape index (κ3) is 3.43. The van der Waals surface area contributed by atoms with Crippen molar-refractivity contribution >= 4 is 5.97 Å². The van der Waals surface area contributed by atoms with Crippen LogP contribution in [0.15, 0.2) is 30.3 Å². The molecule has 0 aliphatic carbocycles. The van der Waals surface area contributed by atoms with Crippen molar-refractivity contribution < 1.29 is 39.8 Å². The summed E-state index contributed by atoms with van der Waals surface area (Å²) in [4.78, 5) is 11.4. The number of benzene rings is 1. The molecule has 6 atom stereocenters. The van der Waals surface area contributed by atoms with Crippen LogP contribution >= 0.6 is 0 Å². The van der Waals surface area contributed by atoms with Crippen molar-refractivity contribution in [3.05, 3.63) is 35.9 Å². The van der Waals surface area contributed by atoms with Crippen molar-refractivity contribution in [2.75, 3.05) is 6.61 Å². The SMILES string of the molecule is O=C(O)C(OC1OC(CO)C(O)C(O)C1O)c1ccccc1. The predicted molar refractivity (Wildman–Crippen MR) is 71.7 cm³/mol. The number of hydrogen-bond donors (Lipinski definition) is 5. The molecule has 0 amide bonds. The molecule has 0 spiro atoms. The van der Waals surface area contributed by atoms with Gasteiger partial charge in [0.15, 0.2) is 12.4 Å². The average molecular weight is 314 g/mol. The molecule has 5 N–H and O–H groups in total. The molecule has 8 nitrogen and oxygen atoms in total. The molecule has 1 aromatic carbocycles. The van der Waals surface area contributed by atoms with E-state index in [1.54, 1.807) is 18.2 Å². The van der Waals surface area contributed by atoms with Crippen LogP contribution in [0.4, 0.5) is 0 Å². The molecule has 1 heterocycles. The Morgan fingerprint density at radius 2 is 1.77 bits per heavy atom. The Labute approximate surface area is 126 Å². The zero-order chi connectivity index (χ0) is 16.3. The highest BCUT2D eigenvalue weighted by molar-refractivity contribution is 5.74. The molecule has 8 heteroatoms. The molecule has 0 bridgehead atoms. The number of aliphatic hydroxyl groups excluding tert-OH is 4. The lowest BCUT2D eigenvalue weighted by Crippen LogP contribution is -2.59. The average Bonchev–Trinajstić information content (AvgIpc) is 2.52. The topological polar surface area (TPSA) is 137 Å². The second-order valence-corrected chi connectivity index (χ2v) is 4.96. The van der Waals surface area contributed by atoms with Gasteiger partial charge >= 0.3 is 5.97 Å². The van der Waals surface area contributed by atoms with E-state index in [2.05, 4.69) is 0 Å². The van der Waals surface area contributed by atoms with Gasteiger partial charge in [-0.25, -0.2) is 4.79 Å². The summed E-state index contributed by atoms with van der Waals surface area (Å²) in [7, 11) is 0. The molecule has 1 saturated heterocycles. The number of aliphatic hydroxyl groups is 4. The van der Waals surface area contributed by atoms with Crippen molar-refractivity contribution in [1.29, 1.82) is 0 Å². The van der Waals surface area contributed by atoms with Crippen LogP contribution in [0.25, 0.3) is 0 Å². The van der Waals surface area contributed by atoms with Gasteiger partial charge in [0.1, 0.15) is 24.4 Å². The molecule has 22 heavy (non-hydrogen) atoms. The van der Waals surface area contributed by atoms with Gasteiger partial charge in [-0.15, -0.1) is 0 Å². The summed E-state index contributed by atoms with van der Waals surface area (Å²) in [6.45, 7) is -0.617. The van der Waals surface area contributed by atoms with Crippen LogP contribution in [0.2, 0.25) is 0 Å². The van der Waals surface area contributed by atoms with Gasteiger partial charge in [-0.05, 0) is 5.56 Å². The first-order valence-electron chi connectivity index (χ1n) is 6.69. The number of hydrogen-bond acceptors (Lipinski definition) is 7. The molecule has 2 rings (SSSR count). The van der Waals surface area contributed by atoms with Crippen LogP contribution in [0, 0.1) is 0 Å². The monoisotopic (exact) mass is 314 g/mol. The maximum Gasteiger partial charge on any atom is 0.337 e. The second-order valence-electron chi connectivity index (χ2n) is 4.96. The van der Waals surface area contributed by atoms with Crippen molar-refractivity contribution in [3.8, 4) is 0 Å². The lowest BCUT2D eigenvalue weighted by molar-refractivity contribution is -0.311. The normalized spacial score (nSPS) is 33.4. The molecule has 0 saturated carbocycles. The van der Waals surface area contributed by atoms with Crippen LogP contribution in [0.1, 0.15) is 11.7 Å². The molecule has 1 aliphatic rings. The fourth-order valence-corrected chi connectivity index (χ4v) is 2.22. The Morgan fingerprint density at radius 1 is 1.14 bits per heavy atom. The van der Waals surface area contributed by atoms with Crippen molar-refractivity contribution in [2.24, 2.45) is 0 Å². The Kier molecular flexibility index (Phi) is 5.46. The van der Waals surface area contributed by atoms with Crippen molar-refractivity contribution in [2.45, 2.75) is 36.8 Å². The summed E-state index contributed by atoms with van der Waals surface area (Å²) in [5.74, 6) is -1.30. The van der Waals surface area contributed by atoms with Crippen LogP contribution in [0.3, 0.4) is 0 Å². The minimum Gasteiger partial charge on any atom is -0.479 e. The number of carboxylic acids is 1. The fraction of sp³-hybridized carbons (Fsp3) is 0.500. The van der Waals surface area contributed by atoms with E-state index >= 15 is 0 Å². The van der Waals surface area contributed by atoms with E-state index in [1.165, 1.54) is 12.1 Å². The van der Waals surface area contributed by atoms with Crippen molar-refractivity contribution in [1.82, 2.24) is 0 Å². The molecular weight excluding hydrogens is 296 g/mol. The summed E-state index contributed by atoms with van der Waals surface area (Å²) in [5, 5.41) is 47.6. The van der Waals surface area contributed by atoms with Gasteiger partial charge in [-0.1, -0.05) is 30.3 Å². The number of carbonyl (C=O) groups is 1. The number of carboxylic acid groups (broad SMARTS) is 1. The molecule has 1 aromatic rings. The van der Waals surface area contributed by atoms with Gasteiger partial charge < -0.3 is 35.0 Å². The summed E-state index contributed by atoms with van der Waals surface area (Å²) < 4.78 is 10.4. The van der Waals surface area contributed by atoms with Gasteiger partial charge in [0.05, 0.1) is 6.61 Å².